The molecule has 2 aromatic carbocycles. The first-order valence-corrected chi connectivity index (χ1v) is 12.4. The molecule has 1 aliphatic heterocycles. The van der Waals surface area contributed by atoms with Crippen molar-refractivity contribution in [3.05, 3.63) is 98.6 Å². The first-order valence-electron chi connectivity index (χ1n) is 11.0. The summed E-state index contributed by atoms with van der Waals surface area (Å²) >= 11 is 0. The highest BCUT2D eigenvalue weighted by atomic mass is 32.2. The molecule has 178 valence electrons. The monoisotopic (exact) mass is 480 g/mol. The Labute approximate surface area is 198 Å². The lowest BCUT2D eigenvalue weighted by atomic mass is 10.1. The lowest BCUT2D eigenvalue weighted by Crippen LogP contribution is -2.46. The van der Waals surface area contributed by atoms with Gasteiger partial charge in [-0.3, -0.25) is 9.59 Å². The second-order valence-corrected chi connectivity index (χ2v) is 9.95. The number of amides is 1. The third-order valence-corrected chi connectivity index (χ3v) is 7.00. The van der Waals surface area contributed by atoms with Crippen LogP contribution in [0.5, 0.6) is 5.75 Å². The molecule has 2 heterocycles. The van der Waals surface area contributed by atoms with Crippen LogP contribution in [-0.2, 0) is 29.7 Å². The number of nitrogens with zero attached hydrogens (tertiary/aromatic N) is 3. The third-order valence-electron chi connectivity index (χ3n) is 5.67. The van der Waals surface area contributed by atoms with Crippen LogP contribution in [0.25, 0.3) is 4.72 Å². The molecular formula is C25H26N3O5S-. The van der Waals surface area contributed by atoms with E-state index in [0.29, 0.717) is 18.8 Å². The van der Waals surface area contributed by atoms with Crippen molar-refractivity contribution in [2.45, 2.75) is 44.5 Å². The smallest absolute Gasteiger partial charge is 0.274 e. The highest BCUT2D eigenvalue weighted by Gasteiger charge is 2.31. The van der Waals surface area contributed by atoms with Gasteiger partial charge in [-0.1, -0.05) is 55.1 Å². The lowest BCUT2D eigenvalue weighted by molar-refractivity contribution is 0.0636. The fraction of sp³-hybridized carbons (Fsp3) is 0.280. The number of rotatable bonds is 8. The number of pyridine rings is 1. The maximum absolute atomic E-state index is 13.4. The molecule has 8 nitrogen and oxygen atoms in total. The van der Waals surface area contributed by atoms with E-state index in [1.807, 2.05) is 44.2 Å². The van der Waals surface area contributed by atoms with Crippen LogP contribution in [0.1, 0.15) is 35.6 Å². The standard InChI is InChI=1S/C25H26N3O5S/c1-18(2)27-13-14-28-20(16-26-34(31,32)21-11-7-4-8-12-21)15-22(29)24(23(28)25(27)30)33-17-19-9-5-3-6-10-19/h3-12,15,18H,13-14,16-17H2,1-2H3/q-1. The zero-order valence-electron chi connectivity index (χ0n) is 19.0. The first kappa shape index (κ1) is 23.7. The number of benzene rings is 2. The Kier molecular flexibility index (Phi) is 6.85. The van der Waals surface area contributed by atoms with Gasteiger partial charge in [0.25, 0.3) is 5.91 Å². The Morgan fingerprint density at radius 1 is 0.971 bits per heavy atom. The number of hydrogen-bond acceptors (Lipinski definition) is 5. The molecule has 0 bridgehead atoms. The quantitative estimate of drug-likeness (QED) is 0.491. The van der Waals surface area contributed by atoms with Gasteiger partial charge >= 0.3 is 0 Å². The van der Waals surface area contributed by atoms with Crippen molar-refractivity contribution in [1.82, 2.24) is 9.47 Å². The van der Waals surface area contributed by atoms with Gasteiger partial charge in [-0.15, -0.1) is 0 Å². The van der Waals surface area contributed by atoms with E-state index in [-0.39, 0.29) is 41.4 Å². The number of sulfonamides is 1. The van der Waals surface area contributed by atoms with E-state index in [1.54, 1.807) is 27.7 Å². The van der Waals surface area contributed by atoms with Crippen LogP contribution in [0, 0.1) is 0 Å². The van der Waals surface area contributed by atoms with Gasteiger partial charge in [0.2, 0.25) is 5.43 Å². The molecule has 4 rings (SSSR count). The minimum atomic E-state index is -3.91. The van der Waals surface area contributed by atoms with Gasteiger partial charge in [-0.2, -0.15) is 0 Å². The summed E-state index contributed by atoms with van der Waals surface area (Å²) in [6.07, 6.45) is 0. The Morgan fingerprint density at radius 2 is 1.62 bits per heavy atom. The fourth-order valence-corrected chi connectivity index (χ4v) is 4.85. The Balaban J connectivity index is 1.69. The van der Waals surface area contributed by atoms with Crippen LogP contribution in [0.2, 0.25) is 0 Å². The van der Waals surface area contributed by atoms with E-state index >= 15 is 0 Å². The number of fused-ring (bicyclic) bond motifs is 1. The number of aromatic nitrogens is 1. The van der Waals surface area contributed by atoms with Gasteiger partial charge in [-0.25, -0.2) is 8.42 Å². The van der Waals surface area contributed by atoms with Gasteiger partial charge < -0.3 is 18.9 Å². The molecule has 3 aromatic rings. The SMILES string of the molecule is CC(C)N1CCn2c(C[N-]S(=O)(=O)c3ccccc3)cc(=O)c(OCc3ccccc3)c2C1=O. The second-order valence-electron chi connectivity index (χ2n) is 8.27. The molecule has 0 fully saturated rings. The van der Waals surface area contributed by atoms with E-state index in [9.17, 15) is 18.0 Å². The summed E-state index contributed by atoms with van der Waals surface area (Å²) < 4.78 is 36.7. The molecule has 0 aliphatic carbocycles. The van der Waals surface area contributed by atoms with Crippen LogP contribution in [0.3, 0.4) is 0 Å². The highest BCUT2D eigenvalue weighted by molar-refractivity contribution is 7.94. The van der Waals surface area contributed by atoms with E-state index in [0.717, 1.165) is 5.56 Å². The molecule has 1 aliphatic rings. The number of carbonyl (C=O) groups excluding carboxylic acids is 1. The van der Waals surface area contributed by atoms with Gasteiger partial charge in [0, 0.05) is 35.8 Å². The minimum absolute atomic E-state index is 0.0335. The predicted octanol–water partition coefficient (Wildman–Crippen LogP) is 3.55. The van der Waals surface area contributed by atoms with Crippen LogP contribution >= 0.6 is 0 Å². The maximum atomic E-state index is 13.4. The van der Waals surface area contributed by atoms with Gasteiger partial charge in [0.1, 0.15) is 16.6 Å². The molecule has 0 spiro atoms. The molecule has 1 aromatic heterocycles. The summed E-state index contributed by atoms with van der Waals surface area (Å²) in [7, 11) is -3.91. The summed E-state index contributed by atoms with van der Waals surface area (Å²) in [5, 5.41) is 0. The van der Waals surface area contributed by atoms with Crippen LogP contribution in [0.15, 0.2) is 76.4 Å². The van der Waals surface area contributed by atoms with Crippen molar-refractivity contribution in [2.24, 2.45) is 0 Å². The lowest BCUT2D eigenvalue weighted by Gasteiger charge is -2.36. The van der Waals surface area contributed by atoms with Gasteiger partial charge in [0.05, 0.1) is 0 Å². The van der Waals surface area contributed by atoms with Crippen molar-refractivity contribution < 1.29 is 17.9 Å². The summed E-state index contributed by atoms with van der Waals surface area (Å²) in [5.74, 6) is -0.358. The third kappa shape index (κ3) is 4.90. The zero-order chi connectivity index (χ0) is 24.3. The van der Waals surface area contributed by atoms with Crippen molar-refractivity contribution in [2.75, 3.05) is 6.54 Å². The number of carbonyl (C=O) groups is 1. The predicted molar refractivity (Wildman–Crippen MR) is 128 cm³/mol. The Hall–Kier alpha value is -3.43. The van der Waals surface area contributed by atoms with Crippen LogP contribution < -0.4 is 10.2 Å². The molecular weight excluding hydrogens is 454 g/mol. The summed E-state index contributed by atoms with van der Waals surface area (Å²) in [5.41, 5.74) is 0.857. The average molecular weight is 481 g/mol. The summed E-state index contributed by atoms with van der Waals surface area (Å²) in [4.78, 5) is 28.1. The number of hydrogen-bond donors (Lipinski definition) is 0. The Morgan fingerprint density at radius 3 is 2.26 bits per heavy atom. The van der Waals surface area contributed by atoms with E-state index < -0.39 is 15.5 Å². The fourth-order valence-electron chi connectivity index (χ4n) is 3.90. The van der Waals surface area contributed by atoms with Crippen molar-refractivity contribution in [3.8, 4) is 5.75 Å². The molecule has 9 heteroatoms. The van der Waals surface area contributed by atoms with Crippen molar-refractivity contribution in [3.63, 3.8) is 0 Å². The van der Waals surface area contributed by atoms with Gasteiger partial charge in [-0.05, 0) is 31.5 Å². The molecule has 0 radical (unpaired) electrons. The van der Waals surface area contributed by atoms with E-state index in [2.05, 4.69) is 4.72 Å². The van der Waals surface area contributed by atoms with E-state index in [4.69, 9.17) is 4.74 Å². The first-order chi connectivity index (χ1) is 16.3. The molecule has 0 N–H and O–H groups in total. The minimum Gasteiger partial charge on any atom is -0.540 e. The van der Waals surface area contributed by atoms with Crippen LogP contribution in [0.4, 0.5) is 0 Å². The zero-order valence-corrected chi connectivity index (χ0v) is 19.9. The summed E-state index contributed by atoms with van der Waals surface area (Å²) in [6, 6.07) is 18.5. The van der Waals surface area contributed by atoms with Crippen molar-refractivity contribution in [1.29, 1.82) is 0 Å². The molecule has 0 saturated heterocycles. The van der Waals surface area contributed by atoms with Crippen LogP contribution in [-0.4, -0.2) is 36.4 Å². The second kappa shape index (κ2) is 9.82. The topological polar surface area (TPSA) is 99.8 Å². The molecule has 0 saturated carbocycles. The highest BCUT2D eigenvalue weighted by Crippen LogP contribution is 2.26. The van der Waals surface area contributed by atoms with Gasteiger partial charge in [0.15, 0.2) is 11.4 Å². The molecule has 0 unspecified atom stereocenters. The van der Waals surface area contributed by atoms with E-state index in [1.165, 1.54) is 18.2 Å². The summed E-state index contributed by atoms with van der Waals surface area (Å²) in [6.45, 7) is 4.52. The molecule has 1 amide bonds. The Bertz CT molecular complexity index is 1340. The number of ether oxygens (including phenoxy) is 1. The van der Waals surface area contributed by atoms with Crippen molar-refractivity contribution >= 4 is 15.9 Å². The average Bonchev–Trinajstić information content (AvgIpc) is 2.83. The normalized spacial score (nSPS) is 13.7. The molecule has 34 heavy (non-hydrogen) atoms. The molecule has 0 atom stereocenters. The largest absolute Gasteiger partial charge is 0.540 e. The maximum Gasteiger partial charge on any atom is 0.274 e.